The van der Waals surface area contributed by atoms with Gasteiger partial charge in [0.1, 0.15) is 13.6 Å². The van der Waals surface area contributed by atoms with Crippen LogP contribution in [0, 0.1) is 17.3 Å². The van der Waals surface area contributed by atoms with E-state index < -0.39 is 0 Å². The van der Waals surface area contributed by atoms with Crippen molar-refractivity contribution in [3.63, 3.8) is 0 Å². The third kappa shape index (κ3) is 1.83. The number of aryl methyl sites for hydroxylation is 1. The van der Waals surface area contributed by atoms with Crippen LogP contribution < -0.4 is 5.46 Å². The largest absolute Gasteiger partial charge is 0.509 e. The summed E-state index contributed by atoms with van der Waals surface area (Å²) in [6, 6.07) is 4.23. The van der Waals surface area contributed by atoms with Gasteiger partial charge in [-0.05, 0) is 84.3 Å². The smallest absolute Gasteiger partial charge is 0.144 e. The number of fused-ring (bicyclic) bond motifs is 5. The van der Waals surface area contributed by atoms with Crippen LogP contribution in [0.15, 0.2) is 12.1 Å². The fourth-order valence-electron chi connectivity index (χ4n) is 5.69. The molecular formula is C18H25BO2. The number of aliphatic hydroxyl groups is 1. The first-order chi connectivity index (χ1) is 10.0. The number of hydrogen-bond acceptors (Lipinski definition) is 2. The molecule has 0 bridgehead atoms. The molecule has 2 nitrogen and oxygen atoms in total. The van der Waals surface area contributed by atoms with Crippen LogP contribution in [-0.4, -0.2) is 24.2 Å². The van der Waals surface area contributed by atoms with Crippen molar-refractivity contribution < 1.29 is 10.2 Å². The second-order valence-corrected chi connectivity index (χ2v) is 7.89. The molecule has 1 aromatic rings. The van der Waals surface area contributed by atoms with Gasteiger partial charge >= 0.3 is 0 Å². The Balaban J connectivity index is 1.73. The second kappa shape index (κ2) is 4.52. The van der Waals surface area contributed by atoms with Gasteiger partial charge in [-0.3, -0.25) is 0 Å². The zero-order valence-electron chi connectivity index (χ0n) is 13.1. The van der Waals surface area contributed by atoms with Gasteiger partial charge in [0.05, 0.1) is 6.10 Å². The SMILES string of the molecule is Bc1cc2c(cc1O)CC[C@@H]1[C@@H]2CC[C@]2(C)[C@H](O)CC[C@@H]12. The van der Waals surface area contributed by atoms with E-state index >= 15 is 0 Å². The average molecular weight is 284 g/mol. The Hall–Kier alpha value is -0.955. The van der Waals surface area contributed by atoms with Crippen LogP contribution in [0.2, 0.25) is 0 Å². The van der Waals surface area contributed by atoms with Crippen LogP contribution in [0.1, 0.15) is 56.1 Å². The molecule has 0 amide bonds. The fraction of sp³-hybridized carbons (Fsp3) is 0.667. The Morgan fingerprint density at radius 2 is 2.00 bits per heavy atom. The maximum atomic E-state index is 10.4. The predicted octanol–water partition coefficient (Wildman–Crippen LogP) is 1.87. The van der Waals surface area contributed by atoms with Crippen molar-refractivity contribution in [1.29, 1.82) is 0 Å². The number of rotatable bonds is 0. The molecule has 3 aliphatic rings. The summed E-state index contributed by atoms with van der Waals surface area (Å²) in [5.74, 6) is 2.52. The highest BCUT2D eigenvalue weighted by Gasteiger charge is 2.54. The zero-order valence-corrected chi connectivity index (χ0v) is 13.1. The van der Waals surface area contributed by atoms with Crippen LogP contribution in [0.5, 0.6) is 5.75 Å². The topological polar surface area (TPSA) is 40.5 Å². The summed E-state index contributed by atoms with van der Waals surface area (Å²) in [7, 11) is 2.01. The van der Waals surface area contributed by atoms with Gasteiger partial charge in [0.25, 0.3) is 0 Å². The van der Waals surface area contributed by atoms with Crippen LogP contribution in [0.3, 0.4) is 0 Å². The van der Waals surface area contributed by atoms with Crippen LogP contribution in [-0.2, 0) is 6.42 Å². The van der Waals surface area contributed by atoms with Gasteiger partial charge in [0, 0.05) is 0 Å². The van der Waals surface area contributed by atoms with E-state index in [0.29, 0.717) is 17.6 Å². The minimum Gasteiger partial charge on any atom is -0.509 e. The Kier molecular flexibility index (Phi) is 2.95. The van der Waals surface area contributed by atoms with Crippen molar-refractivity contribution in [2.24, 2.45) is 17.3 Å². The number of phenolic OH excluding ortho intramolecular Hbond substituents is 1. The molecule has 0 spiro atoms. The lowest BCUT2D eigenvalue weighted by Crippen LogP contribution is -2.44. The molecule has 0 aromatic heterocycles. The number of benzene rings is 1. The minimum atomic E-state index is -0.0913. The van der Waals surface area contributed by atoms with Crippen LogP contribution in [0.4, 0.5) is 0 Å². The summed E-state index contributed by atoms with van der Waals surface area (Å²) >= 11 is 0. The van der Waals surface area contributed by atoms with Crippen molar-refractivity contribution in [1.82, 2.24) is 0 Å². The van der Waals surface area contributed by atoms with E-state index in [0.717, 1.165) is 30.6 Å². The summed E-state index contributed by atoms with van der Waals surface area (Å²) in [5.41, 5.74) is 4.02. The summed E-state index contributed by atoms with van der Waals surface area (Å²) in [6.07, 6.45) is 6.77. The van der Waals surface area contributed by atoms with Crippen molar-refractivity contribution in [3.05, 3.63) is 23.3 Å². The van der Waals surface area contributed by atoms with Gasteiger partial charge in [-0.2, -0.15) is 0 Å². The Labute approximate surface area is 128 Å². The molecule has 3 aliphatic carbocycles. The van der Waals surface area contributed by atoms with E-state index in [1.54, 1.807) is 0 Å². The first-order valence-corrected chi connectivity index (χ1v) is 8.51. The fourth-order valence-corrected chi connectivity index (χ4v) is 5.69. The predicted molar refractivity (Wildman–Crippen MR) is 86.9 cm³/mol. The van der Waals surface area contributed by atoms with Crippen molar-refractivity contribution in [2.75, 3.05) is 0 Å². The van der Waals surface area contributed by atoms with Crippen LogP contribution >= 0.6 is 0 Å². The quantitative estimate of drug-likeness (QED) is 0.714. The van der Waals surface area contributed by atoms with Crippen LogP contribution in [0.25, 0.3) is 0 Å². The van der Waals surface area contributed by atoms with Gasteiger partial charge in [-0.25, -0.2) is 0 Å². The molecule has 4 rings (SSSR count). The Morgan fingerprint density at radius 3 is 2.81 bits per heavy atom. The molecule has 2 N–H and O–H groups in total. The van der Waals surface area contributed by atoms with E-state index in [-0.39, 0.29) is 11.5 Å². The lowest BCUT2D eigenvalue weighted by Gasteiger charge is -2.50. The van der Waals surface area contributed by atoms with Crippen molar-refractivity contribution in [3.8, 4) is 5.75 Å². The first-order valence-electron chi connectivity index (χ1n) is 8.51. The van der Waals surface area contributed by atoms with E-state index in [1.807, 2.05) is 13.9 Å². The van der Waals surface area contributed by atoms with E-state index in [2.05, 4.69) is 13.0 Å². The summed E-state index contributed by atoms with van der Waals surface area (Å²) in [5, 5.41) is 20.4. The molecule has 0 saturated heterocycles. The van der Waals surface area contributed by atoms with E-state index in [9.17, 15) is 10.2 Å². The molecule has 2 saturated carbocycles. The number of phenols is 1. The second-order valence-electron chi connectivity index (χ2n) is 7.89. The third-order valence-corrected chi connectivity index (χ3v) is 6.99. The molecule has 112 valence electrons. The van der Waals surface area contributed by atoms with Crippen molar-refractivity contribution in [2.45, 2.75) is 57.5 Å². The van der Waals surface area contributed by atoms with Gasteiger partial charge in [0.2, 0.25) is 0 Å². The molecule has 0 radical (unpaired) electrons. The van der Waals surface area contributed by atoms with Gasteiger partial charge in [-0.1, -0.05) is 13.0 Å². The third-order valence-electron chi connectivity index (χ3n) is 6.99. The maximum absolute atomic E-state index is 10.4. The Bertz CT molecular complexity index is 585. The summed E-state index contributed by atoms with van der Waals surface area (Å²) in [6.45, 7) is 2.32. The normalized spacial score (nSPS) is 41.2. The summed E-state index contributed by atoms with van der Waals surface area (Å²) in [4.78, 5) is 0. The Morgan fingerprint density at radius 1 is 1.19 bits per heavy atom. The lowest BCUT2D eigenvalue weighted by molar-refractivity contribution is -0.0226. The van der Waals surface area contributed by atoms with Gasteiger partial charge in [0.15, 0.2) is 0 Å². The first kappa shape index (κ1) is 13.7. The van der Waals surface area contributed by atoms with Gasteiger partial charge in [-0.15, -0.1) is 0 Å². The molecule has 2 fully saturated rings. The maximum Gasteiger partial charge on any atom is 0.144 e. The monoisotopic (exact) mass is 284 g/mol. The zero-order chi connectivity index (χ0) is 14.8. The molecule has 0 unspecified atom stereocenters. The molecule has 1 aromatic carbocycles. The number of hydrogen-bond donors (Lipinski definition) is 2. The highest BCUT2D eigenvalue weighted by atomic mass is 16.3. The summed E-state index contributed by atoms with van der Waals surface area (Å²) < 4.78 is 0. The number of aliphatic hydroxyl groups excluding tert-OH is 1. The lowest BCUT2D eigenvalue weighted by atomic mass is 9.55. The molecule has 0 aliphatic heterocycles. The minimum absolute atomic E-state index is 0.0913. The molecule has 5 atom stereocenters. The number of aromatic hydroxyl groups is 1. The molecule has 3 heteroatoms. The van der Waals surface area contributed by atoms with Gasteiger partial charge < -0.3 is 10.2 Å². The highest BCUT2D eigenvalue weighted by Crippen LogP contribution is 2.60. The highest BCUT2D eigenvalue weighted by molar-refractivity contribution is 6.34. The molecule has 21 heavy (non-hydrogen) atoms. The molecular weight excluding hydrogens is 259 g/mol. The van der Waals surface area contributed by atoms with E-state index in [1.165, 1.54) is 30.4 Å². The standard InChI is InChI=1S/C18H25BO2/c1-18-7-6-11-12(14(18)4-5-17(18)21)3-2-10-8-16(20)15(19)9-13(10)11/h8-9,11-12,14,17,20-21H,2-7,19H2,1H3/t11-,12+,14-,17+,18-/m0/s1. The average Bonchev–Trinajstić information content (AvgIpc) is 2.76. The van der Waals surface area contributed by atoms with E-state index in [4.69, 9.17) is 0 Å². The molecule has 0 heterocycles. The van der Waals surface area contributed by atoms with Crippen molar-refractivity contribution >= 4 is 13.3 Å².